The van der Waals surface area contributed by atoms with E-state index in [0.717, 1.165) is 24.3 Å². The molecule has 0 radical (unpaired) electrons. The zero-order chi connectivity index (χ0) is 18.6. The molecule has 1 N–H and O–H groups in total. The van der Waals surface area contributed by atoms with Gasteiger partial charge < -0.3 is 9.84 Å². The van der Waals surface area contributed by atoms with E-state index < -0.39 is 0 Å². The van der Waals surface area contributed by atoms with Gasteiger partial charge in [-0.05, 0) is 24.3 Å². The van der Waals surface area contributed by atoms with E-state index in [0.29, 0.717) is 36.5 Å². The summed E-state index contributed by atoms with van der Waals surface area (Å²) in [5.41, 5.74) is 2.61. The van der Waals surface area contributed by atoms with E-state index in [-0.39, 0.29) is 11.7 Å². The highest BCUT2D eigenvalue weighted by Crippen LogP contribution is 2.31. The number of hydrogen-bond acceptors (Lipinski definition) is 4. The van der Waals surface area contributed by atoms with E-state index in [1.165, 1.54) is 6.07 Å². The molecule has 1 aliphatic rings. The number of fused-ring (bicyclic) bond motifs is 1. The molecule has 1 aromatic heterocycles. The van der Waals surface area contributed by atoms with Crippen LogP contribution < -0.4 is 5.32 Å². The van der Waals surface area contributed by atoms with Crippen molar-refractivity contribution in [2.24, 2.45) is 0 Å². The summed E-state index contributed by atoms with van der Waals surface area (Å²) < 4.78 is 19.6. The van der Waals surface area contributed by atoms with Crippen molar-refractivity contribution in [1.29, 1.82) is 0 Å². The Morgan fingerprint density at radius 3 is 2.74 bits per heavy atom. The highest BCUT2D eigenvalue weighted by Gasteiger charge is 2.25. The van der Waals surface area contributed by atoms with Crippen molar-refractivity contribution in [3.63, 3.8) is 0 Å². The number of carbonyl (C=O) groups is 1. The Morgan fingerprint density at radius 2 is 1.93 bits per heavy atom. The molecule has 5 nitrogen and oxygen atoms in total. The summed E-state index contributed by atoms with van der Waals surface area (Å²) >= 11 is 0. The fraction of sp³-hybridized carbons (Fsp3) is 0.238. The van der Waals surface area contributed by atoms with Crippen LogP contribution in [-0.2, 0) is 13.0 Å². The molecule has 0 bridgehead atoms. The van der Waals surface area contributed by atoms with Crippen molar-refractivity contribution >= 4 is 5.91 Å². The van der Waals surface area contributed by atoms with Gasteiger partial charge in [-0.1, -0.05) is 35.5 Å². The lowest BCUT2D eigenvalue weighted by atomic mass is 10.0. The van der Waals surface area contributed by atoms with Gasteiger partial charge in [0.25, 0.3) is 5.91 Å². The number of amides is 1. The first-order valence-corrected chi connectivity index (χ1v) is 9.00. The Hall–Kier alpha value is -2.99. The highest BCUT2D eigenvalue weighted by atomic mass is 19.1. The molecule has 0 saturated carbocycles. The monoisotopic (exact) mass is 365 g/mol. The summed E-state index contributed by atoms with van der Waals surface area (Å²) in [5.74, 6) is 0.434. The average molecular weight is 365 g/mol. The Balaban J connectivity index is 1.39. The maximum absolute atomic E-state index is 14.1. The van der Waals surface area contributed by atoms with Crippen LogP contribution in [0.25, 0.3) is 11.3 Å². The quantitative estimate of drug-likeness (QED) is 0.754. The van der Waals surface area contributed by atoms with E-state index in [1.807, 2.05) is 18.2 Å². The van der Waals surface area contributed by atoms with Crippen molar-refractivity contribution in [2.75, 3.05) is 19.6 Å². The molecule has 0 fully saturated rings. The minimum Gasteiger partial charge on any atom is -0.360 e. The predicted octanol–water partition coefficient (Wildman–Crippen LogP) is 3.27. The zero-order valence-corrected chi connectivity index (χ0v) is 14.8. The number of carbonyl (C=O) groups excluding carboxylic acids is 1. The standard InChI is InChI=1S/C21H20FN3O2/c22-18-9-5-4-8-16(18)20-17-14-25(12-10-19(17)27-24-20)13-11-23-21(26)15-6-2-1-3-7-15/h1-9H,10-14H2,(H,23,26). The molecular weight excluding hydrogens is 345 g/mol. The summed E-state index contributed by atoms with van der Waals surface area (Å²) in [7, 11) is 0. The second-order valence-corrected chi connectivity index (χ2v) is 6.56. The molecule has 0 saturated heterocycles. The third-order valence-corrected chi connectivity index (χ3v) is 4.78. The molecule has 1 aliphatic heterocycles. The molecule has 1 amide bonds. The van der Waals surface area contributed by atoms with Gasteiger partial charge in [-0.15, -0.1) is 0 Å². The van der Waals surface area contributed by atoms with Crippen LogP contribution in [0.1, 0.15) is 21.7 Å². The van der Waals surface area contributed by atoms with Gasteiger partial charge >= 0.3 is 0 Å². The van der Waals surface area contributed by atoms with Gasteiger partial charge in [0.2, 0.25) is 0 Å². The number of aromatic nitrogens is 1. The third-order valence-electron chi connectivity index (χ3n) is 4.78. The summed E-state index contributed by atoms with van der Waals surface area (Å²) in [6.45, 7) is 2.70. The van der Waals surface area contributed by atoms with Crippen LogP contribution >= 0.6 is 0 Å². The maximum Gasteiger partial charge on any atom is 0.251 e. The first-order valence-electron chi connectivity index (χ1n) is 9.00. The van der Waals surface area contributed by atoms with Gasteiger partial charge in [0.05, 0.1) is 0 Å². The van der Waals surface area contributed by atoms with Crippen LogP contribution in [0, 0.1) is 5.82 Å². The van der Waals surface area contributed by atoms with Crippen molar-refractivity contribution in [1.82, 2.24) is 15.4 Å². The molecule has 4 rings (SSSR count). The number of rotatable bonds is 5. The second kappa shape index (κ2) is 7.72. The first kappa shape index (κ1) is 17.4. The molecule has 0 spiro atoms. The smallest absolute Gasteiger partial charge is 0.251 e. The normalized spacial score (nSPS) is 14.0. The third kappa shape index (κ3) is 3.75. The summed E-state index contributed by atoms with van der Waals surface area (Å²) in [6, 6.07) is 15.7. The Morgan fingerprint density at radius 1 is 1.15 bits per heavy atom. The lowest BCUT2D eigenvalue weighted by Gasteiger charge is -2.26. The van der Waals surface area contributed by atoms with Crippen LogP contribution in [0.4, 0.5) is 4.39 Å². The Kier molecular flexibility index (Phi) is 4.98. The zero-order valence-electron chi connectivity index (χ0n) is 14.8. The molecule has 2 heterocycles. The number of hydrogen-bond donors (Lipinski definition) is 1. The lowest BCUT2D eigenvalue weighted by molar-refractivity contribution is 0.0947. The topological polar surface area (TPSA) is 58.4 Å². The van der Waals surface area contributed by atoms with Crippen molar-refractivity contribution in [2.45, 2.75) is 13.0 Å². The van der Waals surface area contributed by atoms with Gasteiger partial charge in [-0.3, -0.25) is 9.69 Å². The Labute approximate surface area is 156 Å². The van der Waals surface area contributed by atoms with Crippen molar-refractivity contribution < 1.29 is 13.7 Å². The number of nitrogens with zero attached hydrogens (tertiary/aromatic N) is 2. The minimum absolute atomic E-state index is 0.0784. The van der Waals surface area contributed by atoms with Gasteiger partial charge in [-0.2, -0.15) is 0 Å². The second-order valence-electron chi connectivity index (χ2n) is 6.56. The summed E-state index contributed by atoms with van der Waals surface area (Å²) in [5, 5.41) is 7.04. The molecule has 0 aliphatic carbocycles. The van der Waals surface area contributed by atoms with Crippen LogP contribution in [0.5, 0.6) is 0 Å². The molecular formula is C21H20FN3O2. The average Bonchev–Trinajstić information content (AvgIpc) is 3.12. The fourth-order valence-electron chi connectivity index (χ4n) is 3.34. The number of halogens is 1. The minimum atomic E-state index is -0.305. The van der Waals surface area contributed by atoms with Crippen LogP contribution in [0.15, 0.2) is 59.1 Å². The fourth-order valence-corrected chi connectivity index (χ4v) is 3.34. The predicted molar refractivity (Wildman–Crippen MR) is 99.7 cm³/mol. The van der Waals surface area contributed by atoms with E-state index in [4.69, 9.17) is 4.52 Å². The highest BCUT2D eigenvalue weighted by molar-refractivity contribution is 5.94. The van der Waals surface area contributed by atoms with Crippen molar-refractivity contribution in [3.8, 4) is 11.3 Å². The van der Waals surface area contributed by atoms with Crippen LogP contribution in [0.3, 0.4) is 0 Å². The largest absolute Gasteiger partial charge is 0.360 e. The van der Waals surface area contributed by atoms with Gasteiger partial charge in [0, 0.05) is 49.3 Å². The molecule has 2 aromatic carbocycles. The van der Waals surface area contributed by atoms with Crippen LogP contribution in [0.2, 0.25) is 0 Å². The Bertz CT molecular complexity index is 940. The van der Waals surface area contributed by atoms with E-state index in [2.05, 4.69) is 15.4 Å². The first-order chi connectivity index (χ1) is 13.2. The summed E-state index contributed by atoms with van der Waals surface area (Å²) in [6.07, 6.45) is 0.726. The van der Waals surface area contributed by atoms with Gasteiger partial charge in [-0.25, -0.2) is 4.39 Å². The van der Waals surface area contributed by atoms with Gasteiger partial charge in [0.1, 0.15) is 17.3 Å². The molecule has 3 aromatic rings. The maximum atomic E-state index is 14.1. The molecule has 138 valence electrons. The molecule has 6 heteroatoms. The summed E-state index contributed by atoms with van der Waals surface area (Å²) in [4.78, 5) is 14.3. The van der Waals surface area contributed by atoms with Gasteiger partial charge in [0.15, 0.2) is 0 Å². The van der Waals surface area contributed by atoms with E-state index in [9.17, 15) is 9.18 Å². The number of nitrogens with one attached hydrogen (secondary N) is 1. The SMILES string of the molecule is O=C(NCCN1CCc2onc(-c3ccccc3F)c2C1)c1ccccc1. The number of benzene rings is 2. The molecule has 0 unspecified atom stereocenters. The van der Waals surface area contributed by atoms with Crippen molar-refractivity contribution in [3.05, 3.63) is 77.3 Å². The molecule has 0 atom stereocenters. The lowest BCUT2D eigenvalue weighted by Crippen LogP contribution is -2.37. The van der Waals surface area contributed by atoms with E-state index >= 15 is 0 Å². The molecule has 27 heavy (non-hydrogen) atoms. The van der Waals surface area contributed by atoms with Crippen LogP contribution in [-0.4, -0.2) is 35.6 Å². The van der Waals surface area contributed by atoms with E-state index in [1.54, 1.807) is 30.3 Å².